The lowest BCUT2D eigenvalue weighted by atomic mass is 10.00. The number of ether oxygens (including phenoxy) is 1. The van der Waals surface area contributed by atoms with E-state index >= 15 is 0 Å². The number of carbonyl (C=O) groups is 4. The van der Waals surface area contributed by atoms with E-state index in [1.54, 1.807) is 30.1 Å². The highest BCUT2D eigenvalue weighted by Gasteiger charge is 2.22. The van der Waals surface area contributed by atoms with Crippen molar-refractivity contribution < 1.29 is 44.3 Å². The first kappa shape index (κ1) is 36.3. The lowest BCUT2D eigenvalue weighted by molar-refractivity contribution is -0.152. The summed E-state index contributed by atoms with van der Waals surface area (Å²) in [6.45, 7) is 4.09. The number of aliphatic carboxylic acids is 2. The zero-order valence-corrected chi connectivity index (χ0v) is 27.4. The zero-order valence-electron chi connectivity index (χ0n) is 27.4. The number of methoxy groups -OCH3 is 1. The van der Waals surface area contributed by atoms with Gasteiger partial charge >= 0.3 is 17.9 Å². The van der Waals surface area contributed by atoms with E-state index in [9.17, 15) is 24.3 Å². The number of aliphatic hydroxyl groups excluding tert-OH is 1. The number of benzene rings is 3. The molecule has 49 heavy (non-hydrogen) atoms. The van der Waals surface area contributed by atoms with Gasteiger partial charge in [0.2, 0.25) is 5.91 Å². The van der Waals surface area contributed by atoms with Gasteiger partial charge in [0.15, 0.2) is 12.0 Å². The lowest BCUT2D eigenvalue weighted by Crippen LogP contribution is -2.48. The standard InChI is InChI=1S/C31H33N5O4.C4H6O5/c1-34-15-17-36(18-16-34)20-27(37)35(2)24-12-10-23(11-13-24)32-29(21-7-5-4-6-8-21)28-25-14-9-22(31(39)40-3)19-26(25)33-30(28)38;5-2(4(8)9)1-3(6)7/h4-14,19,33,38H,15-18,20H2,1-3H3;2,5H,1H2,(H,6,7)(H,8,9). The molecule has 2 heterocycles. The van der Waals surface area contributed by atoms with Gasteiger partial charge in [-0.15, -0.1) is 0 Å². The Morgan fingerprint density at radius 1 is 0.939 bits per heavy atom. The Kier molecular flexibility index (Phi) is 12.2. The van der Waals surface area contributed by atoms with Crippen LogP contribution in [0.4, 0.5) is 11.4 Å². The molecule has 1 saturated heterocycles. The third kappa shape index (κ3) is 9.50. The fourth-order valence-electron chi connectivity index (χ4n) is 5.11. The molecular weight excluding hydrogens is 634 g/mol. The molecular formula is C35H39N5O9. The van der Waals surface area contributed by atoms with Gasteiger partial charge in [-0.3, -0.25) is 14.5 Å². The number of rotatable bonds is 10. The van der Waals surface area contributed by atoms with Crippen molar-refractivity contribution in [2.45, 2.75) is 12.5 Å². The lowest BCUT2D eigenvalue weighted by Gasteiger charge is -2.32. The first-order valence-electron chi connectivity index (χ1n) is 15.4. The highest BCUT2D eigenvalue weighted by Crippen LogP contribution is 2.32. The number of carboxylic acid groups (broad SMARTS) is 2. The van der Waals surface area contributed by atoms with E-state index in [4.69, 9.17) is 25.0 Å². The molecule has 0 radical (unpaired) electrons. The molecule has 258 valence electrons. The number of anilines is 1. The Hall–Kier alpha value is -5.57. The summed E-state index contributed by atoms with van der Waals surface area (Å²) in [5.74, 6) is -3.31. The molecule has 1 atom stereocenters. The Labute approximate surface area is 282 Å². The number of fused-ring (bicyclic) bond motifs is 1. The van der Waals surface area contributed by atoms with Gasteiger partial charge in [0.1, 0.15) is 0 Å². The van der Waals surface area contributed by atoms with E-state index in [-0.39, 0.29) is 11.8 Å². The highest BCUT2D eigenvalue weighted by atomic mass is 16.5. The van der Waals surface area contributed by atoms with Crippen LogP contribution in [0.5, 0.6) is 5.88 Å². The maximum absolute atomic E-state index is 12.9. The zero-order chi connectivity index (χ0) is 35.7. The van der Waals surface area contributed by atoms with Crippen LogP contribution in [0.1, 0.15) is 27.9 Å². The predicted molar refractivity (Wildman–Crippen MR) is 183 cm³/mol. The number of hydrogen-bond acceptors (Lipinski definition) is 10. The summed E-state index contributed by atoms with van der Waals surface area (Å²) in [5, 5.41) is 35.8. The number of H-pyrrole nitrogens is 1. The Bertz CT molecular complexity index is 1810. The topological polar surface area (TPSA) is 196 Å². The van der Waals surface area contributed by atoms with Crippen LogP contribution in [-0.4, -0.2) is 125 Å². The van der Waals surface area contributed by atoms with Gasteiger partial charge in [-0.2, -0.15) is 0 Å². The van der Waals surface area contributed by atoms with Gasteiger partial charge in [0.05, 0.1) is 42.6 Å². The van der Waals surface area contributed by atoms with Gasteiger partial charge in [0.25, 0.3) is 0 Å². The van der Waals surface area contributed by atoms with Crippen molar-refractivity contribution in [3.63, 3.8) is 0 Å². The molecule has 5 N–H and O–H groups in total. The molecule has 5 rings (SSSR count). The molecule has 0 saturated carbocycles. The molecule has 14 nitrogen and oxygen atoms in total. The van der Waals surface area contributed by atoms with Crippen molar-refractivity contribution in [3.05, 3.63) is 89.5 Å². The van der Waals surface area contributed by atoms with Crippen molar-refractivity contribution in [2.24, 2.45) is 4.99 Å². The van der Waals surface area contributed by atoms with E-state index in [0.717, 1.165) is 42.8 Å². The number of likely N-dealkylation sites (N-methyl/N-ethyl adjacent to an activating group) is 2. The number of hydrogen-bond donors (Lipinski definition) is 5. The van der Waals surface area contributed by atoms with Crippen molar-refractivity contribution in [1.82, 2.24) is 14.8 Å². The smallest absolute Gasteiger partial charge is 0.337 e. The number of esters is 1. The van der Waals surface area contributed by atoms with Crippen molar-refractivity contribution in [2.75, 3.05) is 58.8 Å². The van der Waals surface area contributed by atoms with Crippen LogP contribution in [0, 0.1) is 0 Å². The summed E-state index contributed by atoms with van der Waals surface area (Å²) in [6, 6.07) is 22.2. The largest absolute Gasteiger partial charge is 0.494 e. The van der Waals surface area contributed by atoms with Gasteiger partial charge in [-0.05, 0) is 43.4 Å². The summed E-state index contributed by atoms with van der Waals surface area (Å²) < 4.78 is 4.83. The second kappa shape index (κ2) is 16.5. The number of amides is 1. The second-order valence-electron chi connectivity index (χ2n) is 11.4. The third-order valence-corrected chi connectivity index (χ3v) is 7.94. The summed E-state index contributed by atoms with van der Waals surface area (Å²) in [6.07, 6.45) is -2.54. The molecule has 0 aliphatic carbocycles. The fraction of sp³-hybridized carbons (Fsp3) is 0.286. The number of aliphatic imine (C=N–C) groups is 1. The number of aliphatic hydroxyl groups is 1. The minimum atomic E-state index is -1.79. The number of carbonyl (C=O) groups excluding carboxylic acids is 2. The fourth-order valence-corrected chi connectivity index (χ4v) is 5.11. The van der Waals surface area contributed by atoms with E-state index < -0.39 is 30.4 Å². The SMILES string of the molecule is COC(=O)c1ccc2c(C(=Nc3ccc(N(C)C(=O)CN4CCN(C)CC4)cc3)c3ccccc3)c(O)[nH]c2c1.O=C(O)CC(O)C(=O)O. The number of carboxylic acids is 2. The number of aromatic hydroxyl groups is 1. The minimum absolute atomic E-state index is 0.0424. The first-order valence-corrected chi connectivity index (χ1v) is 15.4. The second-order valence-corrected chi connectivity index (χ2v) is 11.4. The summed E-state index contributed by atoms with van der Waals surface area (Å²) in [4.78, 5) is 58.4. The van der Waals surface area contributed by atoms with Gasteiger partial charge in [0, 0.05) is 55.4 Å². The quantitative estimate of drug-likeness (QED) is 0.123. The minimum Gasteiger partial charge on any atom is -0.494 e. The number of aromatic nitrogens is 1. The molecule has 1 aliphatic heterocycles. The Balaban J connectivity index is 0.000000529. The van der Waals surface area contributed by atoms with Crippen LogP contribution in [0.15, 0.2) is 77.8 Å². The number of aromatic amines is 1. The van der Waals surface area contributed by atoms with Crippen LogP contribution in [0.25, 0.3) is 10.9 Å². The van der Waals surface area contributed by atoms with Crippen LogP contribution in [0.2, 0.25) is 0 Å². The Morgan fingerprint density at radius 2 is 1.59 bits per heavy atom. The van der Waals surface area contributed by atoms with Crippen LogP contribution in [0.3, 0.4) is 0 Å². The molecule has 14 heteroatoms. The molecule has 1 aromatic heterocycles. The van der Waals surface area contributed by atoms with Crippen molar-refractivity contribution in [3.8, 4) is 5.88 Å². The van der Waals surface area contributed by atoms with Crippen LogP contribution >= 0.6 is 0 Å². The monoisotopic (exact) mass is 673 g/mol. The summed E-state index contributed by atoms with van der Waals surface area (Å²) in [7, 11) is 5.22. The molecule has 3 aromatic carbocycles. The maximum atomic E-state index is 12.9. The van der Waals surface area contributed by atoms with Gasteiger partial charge < -0.3 is 39.9 Å². The number of nitrogens with zero attached hydrogens (tertiary/aromatic N) is 4. The van der Waals surface area contributed by atoms with E-state index in [1.807, 2.05) is 54.6 Å². The summed E-state index contributed by atoms with van der Waals surface area (Å²) in [5.41, 5.74) is 4.34. The van der Waals surface area contributed by atoms with E-state index in [0.29, 0.717) is 34.6 Å². The average molecular weight is 674 g/mol. The first-order chi connectivity index (χ1) is 23.4. The molecule has 1 unspecified atom stereocenters. The average Bonchev–Trinajstić information content (AvgIpc) is 3.42. The van der Waals surface area contributed by atoms with Crippen LogP contribution < -0.4 is 4.90 Å². The normalized spacial score (nSPS) is 14.4. The van der Waals surface area contributed by atoms with E-state index in [2.05, 4.69) is 21.8 Å². The van der Waals surface area contributed by atoms with Crippen LogP contribution in [-0.2, 0) is 19.1 Å². The van der Waals surface area contributed by atoms with Crippen molar-refractivity contribution in [1.29, 1.82) is 0 Å². The summed E-state index contributed by atoms with van der Waals surface area (Å²) >= 11 is 0. The third-order valence-electron chi connectivity index (χ3n) is 7.94. The molecule has 4 aromatic rings. The van der Waals surface area contributed by atoms with Crippen molar-refractivity contribution >= 4 is 51.8 Å². The molecule has 1 fully saturated rings. The molecule has 0 bridgehead atoms. The molecule has 1 aliphatic rings. The molecule has 1 amide bonds. The predicted octanol–water partition coefficient (Wildman–Crippen LogP) is 2.95. The Morgan fingerprint density at radius 3 is 2.16 bits per heavy atom. The maximum Gasteiger partial charge on any atom is 0.337 e. The number of piperazine rings is 1. The van der Waals surface area contributed by atoms with Gasteiger partial charge in [-0.1, -0.05) is 36.4 Å². The van der Waals surface area contributed by atoms with E-state index in [1.165, 1.54) is 7.11 Å². The number of nitrogens with one attached hydrogen (secondary N) is 1. The highest BCUT2D eigenvalue weighted by molar-refractivity contribution is 6.22. The molecule has 0 spiro atoms. The van der Waals surface area contributed by atoms with Gasteiger partial charge in [-0.25, -0.2) is 14.6 Å².